The van der Waals surface area contributed by atoms with E-state index in [-0.39, 0.29) is 5.91 Å². The summed E-state index contributed by atoms with van der Waals surface area (Å²) in [5.74, 6) is 5.14. The second-order valence-corrected chi connectivity index (χ2v) is 12.2. The van der Waals surface area contributed by atoms with Crippen LogP contribution in [0.4, 0.5) is 0 Å². The van der Waals surface area contributed by atoms with Crippen molar-refractivity contribution in [1.29, 1.82) is 0 Å². The third-order valence-electron chi connectivity index (χ3n) is 8.64. The number of hydrogen-bond donors (Lipinski definition) is 1. The number of aromatic nitrogens is 2. The molecule has 0 unspecified atom stereocenters. The molecule has 0 radical (unpaired) electrons. The first-order valence-corrected chi connectivity index (χ1v) is 14.2. The molecule has 0 aliphatic heterocycles. The fourth-order valence-electron chi connectivity index (χ4n) is 7.29. The van der Waals surface area contributed by atoms with Gasteiger partial charge in [-0.1, -0.05) is 34.8 Å². The summed E-state index contributed by atoms with van der Waals surface area (Å²) in [6.45, 7) is 0.673. The van der Waals surface area contributed by atoms with Crippen LogP contribution in [0.1, 0.15) is 55.4 Å². The van der Waals surface area contributed by atoms with Crippen LogP contribution in [-0.2, 0) is 0 Å². The van der Waals surface area contributed by atoms with Crippen molar-refractivity contribution in [2.75, 3.05) is 6.54 Å². The van der Waals surface area contributed by atoms with Crippen LogP contribution in [0.25, 0.3) is 17.1 Å². The molecule has 0 atom stereocenters. The lowest BCUT2D eigenvalue weighted by atomic mass is 9.51. The molecule has 4 aliphatic rings. The first-order valence-electron chi connectivity index (χ1n) is 13.0. The summed E-state index contributed by atoms with van der Waals surface area (Å²) >= 11 is 18.7. The molecule has 1 heterocycles. The lowest BCUT2D eigenvalue weighted by Crippen LogP contribution is -2.45. The molecule has 1 aromatic heterocycles. The SMILES string of the molecule is O=C(NCCCC1C2CC3CC(C2)CC1C3)c1cn(-c2ccc(Cl)cc2)c(-c2ccc(Cl)cc2Cl)n1. The zero-order valence-electron chi connectivity index (χ0n) is 20.1. The van der Waals surface area contributed by atoms with Gasteiger partial charge in [-0.3, -0.25) is 9.36 Å². The molecule has 7 rings (SSSR count). The van der Waals surface area contributed by atoms with Crippen LogP contribution in [0.15, 0.2) is 48.7 Å². The summed E-state index contributed by atoms with van der Waals surface area (Å²) in [5, 5.41) is 4.77. The highest BCUT2D eigenvalue weighted by Gasteiger charge is 2.47. The van der Waals surface area contributed by atoms with Crippen LogP contribution in [-0.4, -0.2) is 22.0 Å². The van der Waals surface area contributed by atoms with Crippen molar-refractivity contribution in [1.82, 2.24) is 14.9 Å². The van der Waals surface area contributed by atoms with Crippen molar-refractivity contribution in [3.63, 3.8) is 0 Å². The molecule has 2 aromatic carbocycles. The van der Waals surface area contributed by atoms with Gasteiger partial charge in [0.2, 0.25) is 0 Å². The van der Waals surface area contributed by atoms with Crippen LogP contribution in [0.5, 0.6) is 0 Å². The van der Waals surface area contributed by atoms with Gasteiger partial charge in [-0.2, -0.15) is 0 Å². The number of rotatable bonds is 7. The normalized spacial score (nSPS) is 26.4. The van der Waals surface area contributed by atoms with Gasteiger partial charge in [0.25, 0.3) is 5.91 Å². The highest BCUT2D eigenvalue weighted by molar-refractivity contribution is 6.36. The number of amides is 1. The quantitative estimate of drug-likeness (QED) is 0.307. The number of halogens is 3. The van der Waals surface area contributed by atoms with E-state index in [0.29, 0.717) is 38.7 Å². The Morgan fingerprint density at radius 2 is 1.58 bits per heavy atom. The van der Waals surface area contributed by atoms with Crippen LogP contribution >= 0.6 is 34.8 Å². The van der Waals surface area contributed by atoms with Gasteiger partial charge in [-0.25, -0.2) is 4.98 Å². The van der Waals surface area contributed by atoms with Gasteiger partial charge in [0.05, 0.1) is 5.02 Å². The largest absolute Gasteiger partial charge is 0.351 e. The molecule has 188 valence electrons. The molecule has 1 amide bonds. The molecule has 4 bridgehead atoms. The molecule has 1 N–H and O–H groups in total. The third-order valence-corrected chi connectivity index (χ3v) is 9.44. The maximum absolute atomic E-state index is 13.1. The molecule has 4 saturated carbocycles. The van der Waals surface area contributed by atoms with E-state index >= 15 is 0 Å². The molecule has 4 fully saturated rings. The Morgan fingerprint density at radius 3 is 2.25 bits per heavy atom. The molecule has 4 aliphatic carbocycles. The third kappa shape index (κ3) is 4.80. The molecule has 4 nitrogen and oxygen atoms in total. The lowest BCUT2D eigenvalue weighted by molar-refractivity contribution is -0.0401. The minimum absolute atomic E-state index is 0.167. The van der Waals surface area contributed by atoms with Crippen molar-refractivity contribution in [3.8, 4) is 17.1 Å². The van der Waals surface area contributed by atoms with E-state index in [4.69, 9.17) is 34.8 Å². The highest BCUT2D eigenvalue weighted by Crippen LogP contribution is 2.57. The first-order chi connectivity index (χ1) is 17.4. The van der Waals surface area contributed by atoms with Gasteiger partial charge >= 0.3 is 0 Å². The number of nitrogens with one attached hydrogen (secondary N) is 1. The van der Waals surface area contributed by atoms with E-state index in [1.54, 1.807) is 18.3 Å². The molecule has 3 aromatic rings. The van der Waals surface area contributed by atoms with Crippen LogP contribution in [0.3, 0.4) is 0 Å². The minimum atomic E-state index is -0.167. The summed E-state index contributed by atoms with van der Waals surface area (Å²) in [5.41, 5.74) is 1.91. The highest BCUT2D eigenvalue weighted by atomic mass is 35.5. The Hall–Kier alpha value is -2.01. The maximum atomic E-state index is 13.1. The van der Waals surface area contributed by atoms with Gasteiger partial charge in [-0.05, 0) is 117 Å². The average Bonchev–Trinajstić information content (AvgIpc) is 3.28. The van der Waals surface area contributed by atoms with E-state index in [2.05, 4.69) is 10.3 Å². The summed E-state index contributed by atoms with van der Waals surface area (Å²) in [6.07, 6.45) is 11.3. The molecule has 0 spiro atoms. The molecule has 7 heteroatoms. The summed E-state index contributed by atoms with van der Waals surface area (Å²) in [6, 6.07) is 12.7. The van der Waals surface area contributed by atoms with E-state index in [9.17, 15) is 4.79 Å². The molecular formula is C29H30Cl3N3O. The minimum Gasteiger partial charge on any atom is -0.351 e. The summed E-state index contributed by atoms with van der Waals surface area (Å²) < 4.78 is 1.87. The number of benzene rings is 2. The first kappa shape index (κ1) is 24.3. The average molecular weight is 543 g/mol. The predicted molar refractivity (Wildman–Crippen MR) is 146 cm³/mol. The van der Waals surface area contributed by atoms with E-state index in [1.165, 1.54) is 38.5 Å². The topological polar surface area (TPSA) is 46.9 Å². The Morgan fingerprint density at radius 1 is 0.917 bits per heavy atom. The van der Waals surface area contributed by atoms with Crippen LogP contribution in [0.2, 0.25) is 15.1 Å². The fraction of sp³-hybridized carbons (Fsp3) is 0.448. The van der Waals surface area contributed by atoms with Gasteiger partial charge in [-0.15, -0.1) is 0 Å². The number of carbonyl (C=O) groups is 1. The summed E-state index contributed by atoms with van der Waals surface area (Å²) in [4.78, 5) is 17.8. The van der Waals surface area contributed by atoms with E-state index < -0.39 is 0 Å². The Kier molecular flexibility index (Phi) is 6.79. The fourth-order valence-corrected chi connectivity index (χ4v) is 7.91. The molecule has 0 saturated heterocycles. The molecular weight excluding hydrogens is 513 g/mol. The number of carbonyl (C=O) groups excluding carboxylic acids is 1. The standard InChI is InChI=1S/C29H30Cl3N3O/c30-21-3-6-23(7-4-21)35-16-27(34-28(35)25-8-5-22(31)15-26(25)32)29(36)33-9-1-2-24-19-11-17-10-18(13-19)14-20(24)12-17/h3-8,15-20,24H,1-2,9-14H2,(H,33,36). The molecule has 36 heavy (non-hydrogen) atoms. The van der Waals surface area contributed by atoms with E-state index in [1.807, 2.05) is 34.9 Å². The summed E-state index contributed by atoms with van der Waals surface area (Å²) in [7, 11) is 0. The Labute approximate surface area is 227 Å². The zero-order valence-corrected chi connectivity index (χ0v) is 22.4. The monoisotopic (exact) mass is 541 g/mol. The number of hydrogen-bond acceptors (Lipinski definition) is 2. The van der Waals surface area contributed by atoms with Gasteiger partial charge in [0, 0.05) is 34.0 Å². The number of imidazole rings is 1. The van der Waals surface area contributed by atoms with Gasteiger partial charge < -0.3 is 5.32 Å². The predicted octanol–water partition coefficient (Wildman–Crippen LogP) is 8.08. The van der Waals surface area contributed by atoms with Crippen molar-refractivity contribution in [3.05, 3.63) is 69.4 Å². The van der Waals surface area contributed by atoms with Crippen molar-refractivity contribution in [2.24, 2.45) is 29.6 Å². The Balaban J connectivity index is 1.16. The zero-order chi connectivity index (χ0) is 24.8. The lowest BCUT2D eigenvalue weighted by Gasteiger charge is -2.54. The van der Waals surface area contributed by atoms with Gasteiger partial charge in [0.1, 0.15) is 11.5 Å². The second kappa shape index (κ2) is 10.0. The second-order valence-electron chi connectivity index (χ2n) is 10.9. The van der Waals surface area contributed by atoms with Crippen molar-refractivity contribution >= 4 is 40.7 Å². The Bertz CT molecular complexity index is 1240. The van der Waals surface area contributed by atoms with Crippen molar-refractivity contribution < 1.29 is 4.79 Å². The van der Waals surface area contributed by atoms with Crippen LogP contribution in [0, 0.1) is 29.6 Å². The number of nitrogens with zero attached hydrogens (tertiary/aromatic N) is 2. The van der Waals surface area contributed by atoms with Crippen molar-refractivity contribution in [2.45, 2.75) is 44.9 Å². The van der Waals surface area contributed by atoms with Gasteiger partial charge in [0.15, 0.2) is 0 Å². The van der Waals surface area contributed by atoms with E-state index in [0.717, 1.165) is 41.7 Å². The van der Waals surface area contributed by atoms with Crippen LogP contribution < -0.4 is 5.32 Å². The maximum Gasteiger partial charge on any atom is 0.271 e. The smallest absolute Gasteiger partial charge is 0.271 e.